The number of alkyl halides is 1. The van der Waals surface area contributed by atoms with E-state index in [1.807, 2.05) is 0 Å². The minimum atomic E-state index is -0.579. The first kappa shape index (κ1) is 13.0. The molecule has 0 saturated carbocycles. The fourth-order valence-corrected chi connectivity index (χ4v) is 1.78. The molecule has 0 aromatic heterocycles. The van der Waals surface area contributed by atoms with Crippen LogP contribution in [0, 0.1) is 11.6 Å². The molecule has 0 aliphatic carbocycles. The molecule has 0 aliphatic heterocycles. The van der Waals surface area contributed by atoms with E-state index in [1.165, 1.54) is 12.1 Å². The summed E-state index contributed by atoms with van der Waals surface area (Å²) in [7, 11) is 0. The standard InChI is InChI=1S/C14H11BrF2O/c15-5-6-18-14-3-1-10(2-4-14)11-7-12(16)9-13(17)8-11/h1-4,7-9H,5-6H2. The van der Waals surface area contributed by atoms with Crippen LogP contribution in [-0.4, -0.2) is 11.9 Å². The van der Waals surface area contributed by atoms with E-state index >= 15 is 0 Å². The average molecular weight is 313 g/mol. The second-order valence-corrected chi connectivity index (χ2v) is 4.51. The molecule has 2 aromatic rings. The van der Waals surface area contributed by atoms with E-state index in [0.717, 1.165) is 22.7 Å². The normalized spacial score (nSPS) is 10.4. The van der Waals surface area contributed by atoms with Crippen molar-refractivity contribution in [1.82, 2.24) is 0 Å². The molecule has 0 bridgehead atoms. The SMILES string of the molecule is Fc1cc(F)cc(-c2ccc(OCCBr)cc2)c1. The molecule has 0 saturated heterocycles. The van der Waals surface area contributed by atoms with Crippen LogP contribution in [-0.2, 0) is 0 Å². The Hall–Kier alpha value is -1.42. The maximum Gasteiger partial charge on any atom is 0.126 e. The van der Waals surface area contributed by atoms with Crippen molar-refractivity contribution in [2.45, 2.75) is 0 Å². The Bertz CT molecular complexity index is 506. The lowest BCUT2D eigenvalue weighted by atomic mass is 10.1. The summed E-state index contributed by atoms with van der Waals surface area (Å²) in [5.41, 5.74) is 1.26. The fourth-order valence-electron chi connectivity index (χ4n) is 1.62. The predicted molar refractivity (Wildman–Crippen MR) is 71.1 cm³/mol. The highest BCUT2D eigenvalue weighted by atomic mass is 79.9. The highest BCUT2D eigenvalue weighted by Crippen LogP contribution is 2.24. The van der Waals surface area contributed by atoms with Gasteiger partial charge in [0, 0.05) is 11.4 Å². The van der Waals surface area contributed by atoms with Crippen molar-refractivity contribution in [3.8, 4) is 16.9 Å². The molecule has 0 aliphatic rings. The summed E-state index contributed by atoms with van der Waals surface area (Å²) in [5, 5.41) is 0.754. The van der Waals surface area contributed by atoms with Crippen molar-refractivity contribution in [3.05, 3.63) is 54.1 Å². The molecule has 0 atom stereocenters. The second kappa shape index (κ2) is 5.96. The summed E-state index contributed by atoms with van der Waals surface area (Å²) in [6.45, 7) is 0.577. The fraction of sp³-hybridized carbons (Fsp3) is 0.143. The lowest BCUT2D eigenvalue weighted by molar-refractivity contribution is 0.345. The van der Waals surface area contributed by atoms with Crippen LogP contribution in [0.2, 0.25) is 0 Å². The molecule has 0 unspecified atom stereocenters. The molecular weight excluding hydrogens is 302 g/mol. The minimum Gasteiger partial charge on any atom is -0.493 e. The molecule has 0 amide bonds. The summed E-state index contributed by atoms with van der Waals surface area (Å²) in [6, 6.07) is 10.6. The monoisotopic (exact) mass is 312 g/mol. The van der Waals surface area contributed by atoms with Crippen LogP contribution < -0.4 is 4.74 Å². The van der Waals surface area contributed by atoms with Gasteiger partial charge in [0.1, 0.15) is 17.4 Å². The van der Waals surface area contributed by atoms with E-state index in [1.54, 1.807) is 24.3 Å². The zero-order valence-electron chi connectivity index (χ0n) is 9.50. The third-order valence-corrected chi connectivity index (χ3v) is 2.72. The number of benzene rings is 2. The lowest BCUT2D eigenvalue weighted by Crippen LogP contribution is -1.97. The second-order valence-electron chi connectivity index (χ2n) is 3.72. The zero-order chi connectivity index (χ0) is 13.0. The van der Waals surface area contributed by atoms with E-state index in [9.17, 15) is 8.78 Å². The molecule has 0 radical (unpaired) electrons. The molecule has 0 heterocycles. The van der Waals surface area contributed by atoms with E-state index in [-0.39, 0.29) is 0 Å². The topological polar surface area (TPSA) is 9.23 Å². The van der Waals surface area contributed by atoms with Crippen molar-refractivity contribution in [2.75, 3.05) is 11.9 Å². The smallest absolute Gasteiger partial charge is 0.126 e. The van der Waals surface area contributed by atoms with Gasteiger partial charge in [0.25, 0.3) is 0 Å². The molecule has 1 nitrogen and oxygen atoms in total. The van der Waals surface area contributed by atoms with Gasteiger partial charge in [-0.1, -0.05) is 28.1 Å². The van der Waals surface area contributed by atoms with Crippen LogP contribution in [0.15, 0.2) is 42.5 Å². The summed E-state index contributed by atoms with van der Waals surface area (Å²) < 4.78 is 31.6. The van der Waals surface area contributed by atoms with Gasteiger partial charge in [-0.2, -0.15) is 0 Å². The van der Waals surface area contributed by atoms with Crippen LogP contribution >= 0.6 is 15.9 Å². The van der Waals surface area contributed by atoms with Crippen LogP contribution in [0.1, 0.15) is 0 Å². The zero-order valence-corrected chi connectivity index (χ0v) is 11.1. The van der Waals surface area contributed by atoms with E-state index in [2.05, 4.69) is 15.9 Å². The van der Waals surface area contributed by atoms with E-state index in [0.29, 0.717) is 12.2 Å². The maximum absolute atomic E-state index is 13.1. The summed E-state index contributed by atoms with van der Waals surface area (Å²) >= 11 is 3.27. The lowest BCUT2D eigenvalue weighted by Gasteiger charge is -2.06. The van der Waals surface area contributed by atoms with E-state index in [4.69, 9.17) is 4.74 Å². The summed E-state index contributed by atoms with van der Waals surface area (Å²) in [5.74, 6) is -0.427. The number of ether oxygens (including phenoxy) is 1. The van der Waals surface area contributed by atoms with Crippen molar-refractivity contribution in [2.24, 2.45) is 0 Å². The maximum atomic E-state index is 13.1. The van der Waals surface area contributed by atoms with Crippen molar-refractivity contribution >= 4 is 15.9 Å². The number of halogens is 3. The van der Waals surface area contributed by atoms with Gasteiger partial charge in [0.05, 0.1) is 6.61 Å². The first-order valence-electron chi connectivity index (χ1n) is 5.44. The number of rotatable bonds is 4. The van der Waals surface area contributed by atoms with Gasteiger partial charge in [0.15, 0.2) is 0 Å². The summed E-state index contributed by atoms with van der Waals surface area (Å²) in [6.07, 6.45) is 0. The number of hydrogen-bond donors (Lipinski definition) is 0. The largest absolute Gasteiger partial charge is 0.493 e. The van der Waals surface area contributed by atoms with E-state index < -0.39 is 11.6 Å². The van der Waals surface area contributed by atoms with Gasteiger partial charge in [-0.3, -0.25) is 0 Å². The quantitative estimate of drug-likeness (QED) is 0.760. The third kappa shape index (κ3) is 3.29. The molecule has 4 heteroatoms. The van der Waals surface area contributed by atoms with Gasteiger partial charge in [-0.15, -0.1) is 0 Å². The van der Waals surface area contributed by atoms with Crippen LogP contribution in [0.25, 0.3) is 11.1 Å². The van der Waals surface area contributed by atoms with Gasteiger partial charge in [-0.25, -0.2) is 8.78 Å². The van der Waals surface area contributed by atoms with Crippen LogP contribution in [0.5, 0.6) is 5.75 Å². The summed E-state index contributed by atoms with van der Waals surface area (Å²) in [4.78, 5) is 0. The Labute approximate surface area is 113 Å². The predicted octanol–water partition coefficient (Wildman–Crippen LogP) is 4.41. The first-order valence-corrected chi connectivity index (χ1v) is 6.56. The Morgan fingerprint density at radius 1 is 0.889 bits per heavy atom. The van der Waals surface area contributed by atoms with Gasteiger partial charge in [0.2, 0.25) is 0 Å². The Kier molecular flexibility index (Phi) is 4.31. The molecule has 94 valence electrons. The van der Waals surface area contributed by atoms with Crippen molar-refractivity contribution in [3.63, 3.8) is 0 Å². The molecule has 0 fully saturated rings. The molecule has 0 spiro atoms. The minimum absolute atomic E-state index is 0.513. The first-order chi connectivity index (χ1) is 8.69. The average Bonchev–Trinajstić information content (AvgIpc) is 2.36. The highest BCUT2D eigenvalue weighted by Gasteiger charge is 2.03. The van der Waals surface area contributed by atoms with Crippen LogP contribution in [0.3, 0.4) is 0 Å². The Balaban J connectivity index is 2.23. The van der Waals surface area contributed by atoms with Gasteiger partial charge < -0.3 is 4.74 Å². The molecule has 0 N–H and O–H groups in total. The number of hydrogen-bond acceptors (Lipinski definition) is 1. The molecule has 18 heavy (non-hydrogen) atoms. The van der Waals surface area contributed by atoms with Crippen molar-refractivity contribution in [1.29, 1.82) is 0 Å². The van der Waals surface area contributed by atoms with Crippen LogP contribution in [0.4, 0.5) is 8.78 Å². The molecule has 2 aromatic carbocycles. The molecular formula is C14H11BrF2O. The van der Waals surface area contributed by atoms with Gasteiger partial charge >= 0.3 is 0 Å². The molecule has 2 rings (SSSR count). The Morgan fingerprint density at radius 2 is 1.50 bits per heavy atom. The van der Waals surface area contributed by atoms with Gasteiger partial charge in [-0.05, 0) is 35.4 Å². The van der Waals surface area contributed by atoms with Crippen molar-refractivity contribution < 1.29 is 13.5 Å². The third-order valence-electron chi connectivity index (χ3n) is 2.40. The Morgan fingerprint density at radius 3 is 2.06 bits per heavy atom. The highest BCUT2D eigenvalue weighted by molar-refractivity contribution is 9.09.